The third-order valence-electron chi connectivity index (χ3n) is 4.74. The average Bonchev–Trinajstić information content (AvgIpc) is 2.61. The highest BCUT2D eigenvalue weighted by molar-refractivity contribution is 5.82. The lowest BCUT2D eigenvalue weighted by Crippen LogP contribution is -2.48. The Balaban J connectivity index is 1.54. The molecule has 1 amide bonds. The van der Waals surface area contributed by atoms with Crippen molar-refractivity contribution in [3.05, 3.63) is 53.6 Å². The first-order chi connectivity index (χ1) is 12.4. The first-order valence-corrected chi connectivity index (χ1v) is 8.90. The fourth-order valence-electron chi connectivity index (χ4n) is 3.52. The summed E-state index contributed by atoms with van der Waals surface area (Å²) in [7, 11) is 0. The molecule has 5 heteroatoms. The van der Waals surface area contributed by atoms with Crippen molar-refractivity contribution in [1.29, 1.82) is 0 Å². The number of hydrogen-bond acceptors (Lipinski definition) is 4. The Labute approximate surface area is 153 Å². The van der Waals surface area contributed by atoms with Gasteiger partial charge in [-0.3, -0.25) is 4.79 Å². The van der Waals surface area contributed by atoms with E-state index in [0.29, 0.717) is 17.9 Å². The summed E-state index contributed by atoms with van der Waals surface area (Å²) in [5.74, 6) is 1.92. The zero-order chi connectivity index (χ0) is 18.3. The molecule has 2 aliphatic rings. The molecule has 1 N–H and O–H groups in total. The fourth-order valence-corrected chi connectivity index (χ4v) is 3.52. The second-order valence-electron chi connectivity index (χ2n) is 7.53. The van der Waals surface area contributed by atoms with Gasteiger partial charge in [0.1, 0.15) is 18.0 Å². The van der Waals surface area contributed by atoms with Gasteiger partial charge in [-0.15, -0.1) is 0 Å². The van der Waals surface area contributed by atoms with E-state index in [4.69, 9.17) is 14.2 Å². The minimum atomic E-state index is -0.663. The van der Waals surface area contributed by atoms with Crippen LogP contribution in [0.15, 0.2) is 42.5 Å². The molecule has 4 rings (SSSR count). The van der Waals surface area contributed by atoms with Crippen molar-refractivity contribution < 1.29 is 19.0 Å². The third kappa shape index (κ3) is 3.21. The number of nitrogens with one attached hydrogen (secondary N) is 1. The maximum atomic E-state index is 12.8. The number of rotatable bonds is 2. The maximum absolute atomic E-state index is 12.8. The summed E-state index contributed by atoms with van der Waals surface area (Å²) in [6.07, 6.45) is 0.0310. The highest BCUT2D eigenvalue weighted by atomic mass is 16.6. The Morgan fingerprint density at radius 2 is 1.88 bits per heavy atom. The molecular weight excluding hydrogens is 330 g/mol. The number of benzene rings is 2. The van der Waals surface area contributed by atoms with Crippen LogP contribution in [0.25, 0.3) is 0 Å². The van der Waals surface area contributed by atoms with Crippen molar-refractivity contribution in [3.8, 4) is 17.2 Å². The predicted octanol–water partition coefficient (Wildman–Crippen LogP) is 3.55. The minimum absolute atomic E-state index is 0.123. The minimum Gasteiger partial charge on any atom is -0.487 e. The summed E-state index contributed by atoms with van der Waals surface area (Å²) in [6, 6.07) is 13.3. The number of carbonyl (C=O) groups excluding carboxylic acids is 1. The average molecular weight is 353 g/mol. The fraction of sp³-hybridized carbons (Fsp3) is 0.381. The molecule has 26 heavy (non-hydrogen) atoms. The largest absolute Gasteiger partial charge is 0.487 e. The first kappa shape index (κ1) is 16.8. The van der Waals surface area contributed by atoms with Crippen LogP contribution in [-0.4, -0.2) is 24.2 Å². The number of amides is 1. The Morgan fingerprint density at radius 1 is 1.12 bits per heavy atom. The second kappa shape index (κ2) is 6.24. The van der Waals surface area contributed by atoms with E-state index in [2.05, 4.69) is 11.4 Å². The monoisotopic (exact) mass is 353 g/mol. The van der Waals surface area contributed by atoms with Crippen molar-refractivity contribution in [3.63, 3.8) is 0 Å². The Kier molecular flexibility index (Phi) is 4.02. The number of carbonyl (C=O) groups is 1. The topological polar surface area (TPSA) is 56.8 Å². The van der Waals surface area contributed by atoms with Gasteiger partial charge in [0.15, 0.2) is 11.5 Å². The van der Waals surface area contributed by atoms with E-state index in [-0.39, 0.29) is 24.2 Å². The van der Waals surface area contributed by atoms with Crippen molar-refractivity contribution in [1.82, 2.24) is 5.32 Å². The van der Waals surface area contributed by atoms with Crippen molar-refractivity contribution in [2.24, 2.45) is 0 Å². The summed E-state index contributed by atoms with van der Waals surface area (Å²) in [5.41, 5.74) is 1.80. The molecule has 5 nitrogen and oxygen atoms in total. The lowest BCUT2D eigenvalue weighted by atomic mass is 9.89. The molecule has 2 atom stereocenters. The van der Waals surface area contributed by atoms with E-state index in [0.717, 1.165) is 16.9 Å². The molecule has 2 aliphatic heterocycles. The van der Waals surface area contributed by atoms with Gasteiger partial charge >= 0.3 is 0 Å². The molecule has 0 saturated heterocycles. The molecule has 2 heterocycles. The lowest BCUT2D eigenvalue weighted by Gasteiger charge is -2.38. The van der Waals surface area contributed by atoms with E-state index >= 15 is 0 Å². The highest BCUT2D eigenvalue weighted by Gasteiger charge is 2.36. The van der Waals surface area contributed by atoms with Gasteiger partial charge in [-0.05, 0) is 39.0 Å². The van der Waals surface area contributed by atoms with Gasteiger partial charge in [-0.1, -0.05) is 29.8 Å². The van der Waals surface area contributed by atoms with Crippen LogP contribution in [0.1, 0.15) is 37.4 Å². The molecule has 0 saturated carbocycles. The van der Waals surface area contributed by atoms with Crippen LogP contribution < -0.4 is 19.5 Å². The summed E-state index contributed by atoms with van der Waals surface area (Å²) < 4.78 is 17.6. The molecule has 0 aromatic heterocycles. The molecular formula is C21H23NO4. The first-order valence-electron chi connectivity index (χ1n) is 8.90. The van der Waals surface area contributed by atoms with Crippen LogP contribution >= 0.6 is 0 Å². The summed E-state index contributed by atoms with van der Waals surface area (Å²) in [6.45, 7) is 6.31. The number of para-hydroxylation sites is 2. The molecule has 2 aromatic rings. The molecule has 136 valence electrons. The quantitative estimate of drug-likeness (QED) is 0.897. The molecule has 0 fully saturated rings. The number of ether oxygens (including phenoxy) is 3. The summed E-state index contributed by atoms with van der Waals surface area (Å²) in [4.78, 5) is 12.8. The third-order valence-corrected chi connectivity index (χ3v) is 4.74. The Hall–Kier alpha value is -2.69. The summed E-state index contributed by atoms with van der Waals surface area (Å²) >= 11 is 0. The van der Waals surface area contributed by atoms with E-state index in [1.807, 2.05) is 57.2 Å². The second-order valence-corrected chi connectivity index (χ2v) is 7.53. The molecule has 0 unspecified atom stereocenters. The van der Waals surface area contributed by atoms with E-state index in [1.54, 1.807) is 0 Å². The predicted molar refractivity (Wildman–Crippen MR) is 97.7 cm³/mol. The molecule has 0 bridgehead atoms. The molecule has 2 aromatic carbocycles. The SMILES string of the molecule is Cc1ccc2c(c1)[C@@H](NC(=O)[C@@H]1COc3ccccc3O1)CC(C)(C)O2. The van der Waals surface area contributed by atoms with Crippen molar-refractivity contribution in [2.75, 3.05) is 6.61 Å². The Morgan fingerprint density at radius 3 is 2.69 bits per heavy atom. The van der Waals surface area contributed by atoms with E-state index < -0.39 is 6.10 Å². The van der Waals surface area contributed by atoms with Gasteiger partial charge in [-0.2, -0.15) is 0 Å². The zero-order valence-electron chi connectivity index (χ0n) is 15.2. The van der Waals surface area contributed by atoms with Gasteiger partial charge in [-0.25, -0.2) is 0 Å². The lowest BCUT2D eigenvalue weighted by molar-refractivity contribution is -0.131. The Bertz CT molecular complexity index is 846. The van der Waals surface area contributed by atoms with Crippen LogP contribution in [0.5, 0.6) is 17.2 Å². The summed E-state index contributed by atoms with van der Waals surface area (Å²) in [5, 5.41) is 3.13. The number of aryl methyl sites for hydroxylation is 1. The number of hydrogen-bond donors (Lipinski definition) is 1. The standard InChI is InChI=1S/C21H23NO4/c1-13-8-9-16-14(10-13)15(11-21(2,3)26-16)22-20(23)19-12-24-17-6-4-5-7-18(17)25-19/h4-10,15,19H,11-12H2,1-3H3,(H,22,23)/t15-,19-/m0/s1. The number of fused-ring (bicyclic) bond motifs is 2. The highest BCUT2D eigenvalue weighted by Crippen LogP contribution is 2.40. The maximum Gasteiger partial charge on any atom is 0.265 e. The molecule has 0 spiro atoms. The van der Waals surface area contributed by atoms with Gasteiger partial charge < -0.3 is 19.5 Å². The van der Waals surface area contributed by atoms with Crippen LogP contribution in [0, 0.1) is 6.92 Å². The van der Waals surface area contributed by atoms with Gasteiger partial charge in [0, 0.05) is 12.0 Å². The van der Waals surface area contributed by atoms with Crippen LogP contribution in [0.4, 0.5) is 0 Å². The van der Waals surface area contributed by atoms with Crippen LogP contribution in [-0.2, 0) is 4.79 Å². The van der Waals surface area contributed by atoms with Crippen LogP contribution in [0.3, 0.4) is 0 Å². The van der Waals surface area contributed by atoms with Crippen LogP contribution in [0.2, 0.25) is 0 Å². The van der Waals surface area contributed by atoms with Crippen molar-refractivity contribution >= 4 is 5.91 Å². The van der Waals surface area contributed by atoms with E-state index in [9.17, 15) is 4.79 Å². The van der Waals surface area contributed by atoms with Crippen molar-refractivity contribution in [2.45, 2.75) is 44.9 Å². The zero-order valence-corrected chi connectivity index (χ0v) is 15.2. The van der Waals surface area contributed by atoms with E-state index in [1.165, 1.54) is 0 Å². The molecule has 0 radical (unpaired) electrons. The molecule has 0 aliphatic carbocycles. The van der Waals surface area contributed by atoms with Gasteiger partial charge in [0.25, 0.3) is 5.91 Å². The normalized spacial score (nSPS) is 22.7. The van der Waals surface area contributed by atoms with Gasteiger partial charge in [0.2, 0.25) is 6.10 Å². The smallest absolute Gasteiger partial charge is 0.265 e. The van der Waals surface area contributed by atoms with Gasteiger partial charge in [0.05, 0.1) is 6.04 Å².